The number of hydrogen-bond acceptors (Lipinski definition) is 2. The molecule has 1 heterocycles. The number of aromatic amines is 1. The largest absolute Gasteiger partial charge is 0.465 e. The number of carbonyl (C=O) groups is 1. The van der Waals surface area contributed by atoms with Gasteiger partial charge in [-0.25, -0.2) is 4.79 Å². The molecule has 1 aliphatic rings. The van der Waals surface area contributed by atoms with Crippen molar-refractivity contribution in [2.24, 2.45) is 0 Å². The van der Waals surface area contributed by atoms with Crippen LogP contribution in [-0.4, -0.2) is 27.4 Å². The Hall–Kier alpha value is -1.52. The molecule has 5 nitrogen and oxygen atoms in total. The molecule has 0 spiro atoms. The summed E-state index contributed by atoms with van der Waals surface area (Å²) in [5, 5.41) is 17.6. The molecule has 0 fully saturated rings. The van der Waals surface area contributed by atoms with Crippen LogP contribution in [0.15, 0.2) is 6.20 Å². The van der Waals surface area contributed by atoms with E-state index in [0.717, 1.165) is 17.7 Å². The van der Waals surface area contributed by atoms with Crippen molar-refractivity contribution in [1.29, 1.82) is 0 Å². The van der Waals surface area contributed by atoms with E-state index >= 15 is 0 Å². The van der Waals surface area contributed by atoms with E-state index in [1.54, 1.807) is 0 Å². The van der Waals surface area contributed by atoms with Crippen LogP contribution in [0.25, 0.3) is 0 Å². The summed E-state index contributed by atoms with van der Waals surface area (Å²) in [7, 11) is 0. The van der Waals surface area contributed by atoms with Gasteiger partial charge in [0.25, 0.3) is 0 Å². The van der Waals surface area contributed by atoms with Crippen LogP contribution in [-0.2, 0) is 12.8 Å². The van der Waals surface area contributed by atoms with Gasteiger partial charge in [0.15, 0.2) is 0 Å². The smallest absolute Gasteiger partial charge is 0.404 e. The fourth-order valence-electron chi connectivity index (χ4n) is 1.54. The minimum absolute atomic E-state index is 0.00889. The standard InChI is InChI=1S/C7H9N3O2/c11-7(12)9-5-1-4-3-8-10-6(4)2-5/h3,5,9H,1-2H2,(H,8,10)(H,11,12). The molecule has 1 amide bonds. The Morgan fingerprint density at radius 3 is 3.25 bits per heavy atom. The third kappa shape index (κ3) is 1.13. The minimum atomic E-state index is -0.964. The van der Waals surface area contributed by atoms with Gasteiger partial charge in [0.2, 0.25) is 0 Å². The van der Waals surface area contributed by atoms with Gasteiger partial charge in [0, 0.05) is 18.7 Å². The van der Waals surface area contributed by atoms with Crippen molar-refractivity contribution in [3.8, 4) is 0 Å². The summed E-state index contributed by atoms with van der Waals surface area (Å²) >= 11 is 0. The molecule has 0 saturated carbocycles. The number of nitrogens with one attached hydrogen (secondary N) is 2. The van der Waals surface area contributed by atoms with Crippen molar-refractivity contribution in [2.45, 2.75) is 18.9 Å². The van der Waals surface area contributed by atoms with Crippen LogP contribution in [0, 0.1) is 0 Å². The van der Waals surface area contributed by atoms with Crippen molar-refractivity contribution >= 4 is 6.09 Å². The van der Waals surface area contributed by atoms with E-state index in [9.17, 15) is 4.79 Å². The van der Waals surface area contributed by atoms with Gasteiger partial charge in [-0.2, -0.15) is 5.10 Å². The summed E-state index contributed by atoms with van der Waals surface area (Å²) in [6, 6.07) is 0.00889. The summed E-state index contributed by atoms with van der Waals surface area (Å²) in [6.45, 7) is 0. The molecule has 0 radical (unpaired) electrons. The Labute approximate surface area is 68.8 Å². The van der Waals surface area contributed by atoms with E-state index in [2.05, 4.69) is 15.5 Å². The number of rotatable bonds is 1. The first-order chi connectivity index (χ1) is 5.75. The maximum Gasteiger partial charge on any atom is 0.404 e. The first kappa shape index (κ1) is 7.15. The zero-order chi connectivity index (χ0) is 8.55. The Balaban J connectivity index is 2.03. The number of nitrogens with zero attached hydrogens (tertiary/aromatic N) is 1. The molecule has 1 aromatic heterocycles. The zero-order valence-electron chi connectivity index (χ0n) is 6.37. The molecule has 1 aromatic rings. The summed E-state index contributed by atoms with van der Waals surface area (Å²) in [5.74, 6) is 0. The summed E-state index contributed by atoms with van der Waals surface area (Å²) in [4.78, 5) is 10.3. The molecule has 0 aromatic carbocycles. The quantitative estimate of drug-likeness (QED) is 0.557. The topological polar surface area (TPSA) is 78.0 Å². The van der Waals surface area contributed by atoms with Crippen LogP contribution in [0.4, 0.5) is 4.79 Å². The molecular weight excluding hydrogens is 158 g/mol. The Bertz CT molecular complexity index is 287. The molecule has 0 aliphatic heterocycles. The average Bonchev–Trinajstić information content (AvgIpc) is 2.43. The van der Waals surface area contributed by atoms with Crippen molar-refractivity contribution in [3.63, 3.8) is 0 Å². The lowest BCUT2D eigenvalue weighted by Gasteiger charge is -2.07. The molecule has 1 aliphatic carbocycles. The number of aromatic nitrogens is 2. The monoisotopic (exact) mass is 167 g/mol. The first-order valence-corrected chi connectivity index (χ1v) is 3.76. The van der Waals surface area contributed by atoms with Gasteiger partial charge >= 0.3 is 6.09 Å². The van der Waals surface area contributed by atoms with Gasteiger partial charge in [-0.3, -0.25) is 5.10 Å². The third-order valence-corrected chi connectivity index (χ3v) is 2.04. The van der Waals surface area contributed by atoms with Crippen LogP contribution in [0.5, 0.6) is 0 Å². The van der Waals surface area contributed by atoms with E-state index in [1.807, 2.05) is 6.20 Å². The summed E-state index contributed by atoms with van der Waals surface area (Å²) < 4.78 is 0. The molecule has 2 rings (SSSR count). The predicted molar refractivity (Wildman–Crippen MR) is 40.9 cm³/mol. The molecule has 5 heteroatoms. The maximum atomic E-state index is 10.3. The lowest BCUT2D eigenvalue weighted by atomic mass is 10.2. The highest BCUT2D eigenvalue weighted by Crippen LogP contribution is 2.18. The Morgan fingerprint density at radius 1 is 1.75 bits per heavy atom. The second-order valence-electron chi connectivity index (χ2n) is 2.91. The van der Waals surface area contributed by atoms with Crippen LogP contribution < -0.4 is 5.32 Å². The first-order valence-electron chi connectivity index (χ1n) is 3.76. The van der Waals surface area contributed by atoms with Gasteiger partial charge in [-0.1, -0.05) is 0 Å². The predicted octanol–water partition coefficient (Wildman–Crippen LogP) is 0.144. The fourth-order valence-corrected chi connectivity index (χ4v) is 1.54. The number of H-pyrrole nitrogens is 1. The van der Waals surface area contributed by atoms with E-state index in [0.29, 0.717) is 6.42 Å². The number of amides is 1. The normalized spacial score (nSPS) is 20.5. The van der Waals surface area contributed by atoms with Crippen LogP contribution in [0.2, 0.25) is 0 Å². The van der Waals surface area contributed by atoms with Gasteiger partial charge in [0.05, 0.1) is 5.69 Å². The number of hydrogen-bond donors (Lipinski definition) is 3. The molecule has 3 N–H and O–H groups in total. The highest BCUT2D eigenvalue weighted by atomic mass is 16.4. The minimum Gasteiger partial charge on any atom is -0.465 e. The van der Waals surface area contributed by atoms with Gasteiger partial charge in [-0.05, 0) is 12.0 Å². The summed E-state index contributed by atoms with van der Waals surface area (Å²) in [5.41, 5.74) is 2.10. The van der Waals surface area contributed by atoms with Gasteiger partial charge in [0.1, 0.15) is 0 Å². The summed E-state index contributed by atoms with van der Waals surface area (Å²) in [6.07, 6.45) is 2.30. The van der Waals surface area contributed by atoms with E-state index in [1.165, 1.54) is 0 Å². The molecule has 0 saturated heterocycles. The van der Waals surface area contributed by atoms with Crippen molar-refractivity contribution in [1.82, 2.24) is 15.5 Å². The Morgan fingerprint density at radius 2 is 2.58 bits per heavy atom. The second-order valence-corrected chi connectivity index (χ2v) is 2.91. The number of carboxylic acid groups (broad SMARTS) is 1. The molecule has 1 unspecified atom stereocenters. The second kappa shape index (κ2) is 2.51. The molecule has 0 bridgehead atoms. The Kier molecular flexibility index (Phi) is 1.49. The van der Waals surface area contributed by atoms with E-state index in [4.69, 9.17) is 5.11 Å². The van der Waals surface area contributed by atoms with Crippen molar-refractivity contribution in [3.05, 3.63) is 17.5 Å². The van der Waals surface area contributed by atoms with Crippen LogP contribution >= 0.6 is 0 Å². The van der Waals surface area contributed by atoms with Crippen molar-refractivity contribution < 1.29 is 9.90 Å². The third-order valence-electron chi connectivity index (χ3n) is 2.04. The highest BCUT2D eigenvalue weighted by Gasteiger charge is 2.24. The SMILES string of the molecule is O=C(O)NC1Cc2c[nH]nc2C1. The average molecular weight is 167 g/mol. The lowest BCUT2D eigenvalue weighted by molar-refractivity contribution is 0.190. The highest BCUT2D eigenvalue weighted by molar-refractivity contribution is 5.65. The molecule has 64 valence electrons. The fraction of sp³-hybridized carbons (Fsp3) is 0.429. The maximum absolute atomic E-state index is 10.3. The molecule has 12 heavy (non-hydrogen) atoms. The van der Waals surface area contributed by atoms with Crippen molar-refractivity contribution in [2.75, 3.05) is 0 Å². The lowest BCUT2D eigenvalue weighted by Crippen LogP contribution is -2.34. The van der Waals surface area contributed by atoms with Crippen LogP contribution in [0.3, 0.4) is 0 Å². The molecule has 1 atom stereocenters. The van der Waals surface area contributed by atoms with Crippen LogP contribution in [0.1, 0.15) is 11.3 Å². The zero-order valence-corrected chi connectivity index (χ0v) is 6.37. The van der Waals surface area contributed by atoms with Gasteiger partial charge < -0.3 is 10.4 Å². The van der Waals surface area contributed by atoms with Gasteiger partial charge in [-0.15, -0.1) is 0 Å². The number of fused-ring (bicyclic) bond motifs is 1. The molecular formula is C7H9N3O2. The van der Waals surface area contributed by atoms with E-state index < -0.39 is 6.09 Å². The van der Waals surface area contributed by atoms with E-state index in [-0.39, 0.29) is 6.04 Å².